The third-order valence-corrected chi connectivity index (χ3v) is 6.41. The number of hydrogen-bond donors (Lipinski definition) is 0. The molecule has 0 aliphatic carbocycles. The molecule has 0 saturated carbocycles. The zero-order valence-corrected chi connectivity index (χ0v) is 17.0. The zero-order valence-electron chi connectivity index (χ0n) is 13.7. The van der Waals surface area contributed by atoms with Gasteiger partial charge in [-0.25, -0.2) is 4.79 Å². The summed E-state index contributed by atoms with van der Waals surface area (Å²) in [5, 5.41) is 0.600. The van der Waals surface area contributed by atoms with Gasteiger partial charge in [-0.1, -0.05) is 44.9 Å². The molecule has 0 aromatic heterocycles. The number of rotatable bonds is 12. The van der Waals surface area contributed by atoms with E-state index in [4.69, 9.17) is 38.1 Å². The van der Waals surface area contributed by atoms with E-state index in [-0.39, 0.29) is 19.3 Å². The molecule has 0 spiro atoms. The first kappa shape index (κ1) is 21.7. The third-order valence-electron chi connectivity index (χ3n) is 3.79. The van der Waals surface area contributed by atoms with Crippen LogP contribution in [0.4, 0.5) is 0 Å². The Morgan fingerprint density at radius 1 is 0.875 bits per heavy atom. The van der Waals surface area contributed by atoms with Crippen LogP contribution in [-0.4, -0.2) is 28.9 Å². The van der Waals surface area contributed by atoms with Crippen molar-refractivity contribution in [3.05, 3.63) is 0 Å². The Balaban J connectivity index is 1.92. The molecule has 0 atom stereocenters. The molecule has 1 aliphatic rings. The van der Waals surface area contributed by atoms with Crippen LogP contribution in [0, 0.1) is 0 Å². The molecule has 1 rings (SSSR count). The van der Waals surface area contributed by atoms with Crippen molar-refractivity contribution in [3.63, 3.8) is 0 Å². The highest BCUT2D eigenvalue weighted by atomic mass is 35.8. The summed E-state index contributed by atoms with van der Waals surface area (Å²) in [5.74, 6) is -1.40. The van der Waals surface area contributed by atoms with Gasteiger partial charge in [-0.3, -0.25) is 9.59 Å². The van der Waals surface area contributed by atoms with Gasteiger partial charge in [-0.05, 0) is 12.5 Å². The van der Waals surface area contributed by atoms with Gasteiger partial charge in [0.05, 0.1) is 0 Å². The number of nitrogens with zero attached hydrogens (tertiary/aromatic N) is 1. The van der Waals surface area contributed by atoms with Crippen LogP contribution in [0.25, 0.3) is 0 Å². The normalized spacial score (nSPS) is 15.2. The number of imide groups is 1. The number of unbranched alkanes of at least 4 members (excludes halogenated alkanes) is 7. The summed E-state index contributed by atoms with van der Waals surface area (Å²) in [7, 11) is 0. The van der Waals surface area contributed by atoms with E-state index < -0.39 is 23.8 Å². The quantitative estimate of drug-likeness (QED) is 0.199. The van der Waals surface area contributed by atoms with E-state index in [0.29, 0.717) is 11.5 Å². The maximum absolute atomic E-state index is 11.6. The lowest BCUT2D eigenvalue weighted by molar-refractivity contribution is -0.197. The van der Waals surface area contributed by atoms with E-state index in [1.54, 1.807) is 0 Å². The molecule has 24 heavy (non-hydrogen) atoms. The highest BCUT2D eigenvalue weighted by Gasteiger charge is 2.32. The SMILES string of the molecule is O=C(CCCCCCCCCC[Si](Cl)(Cl)Cl)ON1C(=O)CCC1=O. The van der Waals surface area contributed by atoms with Crippen LogP contribution in [-0.2, 0) is 19.2 Å². The van der Waals surface area contributed by atoms with Crippen molar-refractivity contribution in [2.75, 3.05) is 0 Å². The summed E-state index contributed by atoms with van der Waals surface area (Å²) in [6.07, 6.45) is 8.60. The van der Waals surface area contributed by atoms with E-state index in [0.717, 1.165) is 51.0 Å². The summed E-state index contributed by atoms with van der Waals surface area (Å²) in [6, 6.07) is -1.73. The molecule has 0 bridgehead atoms. The minimum Gasteiger partial charge on any atom is -0.330 e. The number of hydrogen-bond acceptors (Lipinski definition) is 4. The molecule has 0 unspecified atom stereocenters. The lowest BCUT2D eigenvalue weighted by Gasteiger charge is -2.12. The second-order valence-electron chi connectivity index (χ2n) is 5.99. The average molecular weight is 417 g/mol. The van der Waals surface area contributed by atoms with Crippen LogP contribution in [0.2, 0.25) is 6.04 Å². The molecule has 1 heterocycles. The van der Waals surface area contributed by atoms with E-state index in [1.165, 1.54) is 0 Å². The Hall–Kier alpha value is -0.303. The number of carbonyl (C=O) groups excluding carboxylic acids is 3. The van der Waals surface area contributed by atoms with Gasteiger partial charge in [0.1, 0.15) is 0 Å². The Bertz CT molecular complexity index is 427. The monoisotopic (exact) mass is 415 g/mol. The first-order chi connectivity index (χ1) is 11.3. The Morgan fingerprint density at radius 3 is 1.83 bits per heavy atom. The minimum atomic E-state index is -2.45. The first-order valence-corrected chi connectivity index (χ1v) is 13.7. The highest BCUT2D eigenvalue weighted by molar-refractivity contribution is 7.64. The van der Waals surface area contributed by atoms with Gasteiger partial charge in [0.15, 0.2) is 0 Å². The van der Waals surface area contributed by atoms with Crippen molar-refractivity contribution in [2.45, 2.75) is 76.7 Å². The zero-order chi connectivity index (χ0) is 18.0. The Labute approximate surface area is 158 Å². The molecule has 0 aromatic carbocycles. The van der Waals surface area contributed by atoms with Gasteiger partial charge < -0.3 is 4.84 Å². The van der Waals surface area contributed by atoms with Crippen LogP contribution in [0.1, 0.15) is 70.6 Å². The van der Waals surface area contributed by atoms with E-state index in [1.807, 2.05) is 0 Å². The molecule has 1 fully saturated rings. The van der Waals surface area contributed by atoms with Crippen molar-refractivity contribution in [1.29, 1.82) is 0 Å². The molecule has 0 aromatic rings. The molecule has 138 valence electrons. The predicted octanol–water partition coefficient (Wildman–Crippen LogP) is 4.76. The summed E-state index contributed by atoms with van der Waals surface area (Å²) in [6.45, 7) is 0. The third kappa shape index (κ3) is 9.86. The fourth-order valence-corrected chi connectivity index (χ4v) is 4.31. The second kappa shape index (κ2) is 11.3. The highest BCUT2D eigenvalue weighted by Crippen LogP contribution is 2.27. The maximum atomic E-state index is 11.6. The molecule has 1 saturated heterocycles. The number of amides is 2. The predicted molar refractivity (Wildman–Crippen MR) is 96.9 cm³/mol. The lowest BCUT2D eigenvalue weighted by atomic mass is 10.1. The van der Waals surface area contributed by atoms with Gasteiger partial charge in [0.25, 0.3) is 11.8 Å². The Morgan fingerprint density at radius 2 is 1.33 bits per heavy atom. The summed E-state index contributed by atoms with van der Waals surface area (Å²) in [5.41, 5.74) is 0. The summed E-state index contributed by atoms with van der Waals surface area (Å²) in [4.78, 5) is 39.0. The number of carbonyl (C=O) groups is 3. The van der Waals surface area contributed by atoms with Crippen molar-refractivity contribution in [1.82, 2.24) is 5.06 Å². The lowest BCUT2D eigenvalue weighted by Crippen LogP contribution is -2.31. The first-order valence-electron chi connectivity index (χ1n) is 8.43. The molecule has 2 amide bonds. The van der Waals surface area contributed by atoms with E-state index in [2.05, 4.69) is 0 Å². The van der Waals surface area contributed by atoms with Gasteiger partial charge in [-0.15, -0.1) is 38.3 Å². The van der Waals surface area contributed by atoms with Crippen LogP contribution < -0.4 is 0 Å². The Kier molecular flexibility index (Phi) is 10.3. The van der Waals surface area contributed by atoms with Crippen molar-refractivity contribution >= 4 is 57.0 Å². The standard InChI is InChI=1S/C15H24Cl3NO4Si/c16-24(17,18)12-8-6-4-2-1-3-5-7-9-15(22)23-19-13(20)10-11-14(19)21/h1-12H2. The molecule has 1 aliphatic heterocycles. The largest absolute Gasteiger partial charge is 0.341 e. The number of halogens is 3. The van der Waals surface area contributed by atoms with Crippen LogP contribution in [0.3, 0.4) is 0 Å². The van der Waals surface area contributed by atoms with Crippen molar-refractivity contribution in [3.8, 4) is 0 Å². The fraction of sp³-hybridized carbons (Fsp3) is 0.800. The van der Waals surface area contributed by atoms with Crippen molar-refractivity contribution < 1.29 is 19.2 Å². The fourth-order valence-electron chi connectivity index (χ4n) is 2.46. The van der Waals surface area contributed by atoms with Crippen LogP contribution in [0.5, 0.6) is 0 Å². The summed E-state index contributed by atoms with van der Waals surface area (Å²) < 4.78 is 0. The van der Waals surface area contributed by atoms with Gasteiger partial charge >= 0.3 is 12.0 Å². The van der Waals surface area contributed by atoms with Gasteiger partial charge in [0.2, 0.25) is 0 Å². The van der Waals surface area contributed by atoms with E-state index >= 15 is 0 Å². The molecule has 9 heteroatoms. The van der Waals surface area contributed by atoms with Crippen molar-refractivity contribution in [2.24, 2.45) is 0 Å². The summed E-state index contributed by atoms with van der Waals surface area (Å²) >= 11 is 17.5. The molecule has 0 N–H and O–H groups in total. The van der Waals surface area contributed by atoms with Gasteiger partial charge in [0, 0.05) is 19.3 Å². The topological polar surface area (TPSA) is 63.7 Å². The molecule has 0 radical (unpaired) electrons. The minimum absolute atomic E-state index is 0.121. The molecule has 5 nitrogen and oxygen atoms in total. The number of hydroxylamine groups is 2. The second-order valence-corrected chi connectivity index (χ2v) is 15.3. The maximum Gasteiger partial charge on any atom is 0.341 e. The van der Waals surface area contributed by atoms with Gasteiger partial charge in [-0.2, -0.15) is 0 Å². The average Bonchev–Trinajstić information content (AvgIpc) is 2.80. The van der Waals surface area contributed by atoms with Crippen LogP contribution >= 0.6 is 33.2 Å². The smallest absolute Gasteiger partial charge is 0.330 e. The molecular formula is C15H24Cl3NO4Si. The van der Waals surface area contributed by atoms with E-state index in [9.17, 15) is 14.4 Å². The molecular weight excluding hydrogens is 393 g/mol. The van der Waals surface area contributed by atoms with Crippen LogP contribution in [0.15, 0.2) is 0 Å².